The van der Waals surface area contributed by atoms with Gasteiger partial charge in [0, 0.05) is 18.9 Å². The third-order valence-electron chi connectivity index (χ3n) is 7.51. The standard InChI is InChI=1S/2C12H15NO2S.C9H13N/c2*1-9(2)12(8-13,5-3-11(14)15)10-4-6-16-7-10;1-7-3-5-9(6-4-7)8(2)10/h2*4,6-7,9H,3,5H2,1-2H3,(H,14,15);3-6,8H,10H2,1-2H3/t;;8-/m..0/s1. The number of nitriles is 2. The van der Waals surface area contributed by atoms with Crippen molar-refractivity contribution < 1.29 is 19.8 Å². The molecule has 4 N–H and O–H groups in total. The molecule has 9 heteroatoms. The molecule has 0 aliphatic rings. The quantitative estimate of drug-likeness (QED) is 0.199. The SMILES string of the molecule is CC(C)C(C#N)(CCC(=O)O)c1ccsc1.CC(C)C(C#N)(CCC(=O)O)c1ccsc1.Cc1ccc([C@H](C)N)cc1. The summed E-state index contributed by atoms with van der Waals surface area (Å²) in [7, 11) is 0. The molecule has 7 nitrogen and oxygen atoms in total. The fourth-order valence-corrected chi connectivity index (χ4v) is 6.03. The molecule has 0 fully saturated rings. The van der Waals surface area contributed by atoms with Crippen molar-refractivity contribution in [2.75, 3.05) is 0 Å². The summed E-state index contributed by atoms with van der Waals surface area (Å²) < 4.78 is 0. The Hall–Kier alpha value is -3.50. The Morgan fingerprint density at radius 3 is 1.40 bits per heavy atom. The topological polar surface area (TPSA) is 148 Å². The summed E-state index contributed by atoms with van der Waals surface area (Å²) in [6.07, 6.45) is 0.795. The van der Waals surface area contributed by atoms with Crippen LogP contribution < -0.4 is 5.73 Å². The number of aryl methyl sites for hydroxylation is 1. The van der Waals surface area contributed by atoms with Gasteiger partial charge in [0.05, 0.1) is 23.0 Å². The normalized spacial score (nSPS) is 14.1. The largest absolute Gasteiger partial charge is 0.481 e. The van der Waals surface area contributed by atoms with Gasteiger partial charge in [-0.15, -0.1) is 0 Å². The maximum absolute atomic E-state index is 10.6. The molecule has 2 heterocycles. The van der Waals surface area contributed by atoms with Crippen LogP contribution in [0.2, 0.25) is 0 Å². The first-order valence-electron chi connectivity index (χ1n) is 13.9. The van der Waals surface area contributed by atoms with Crippen LogP contribution in [0.4, 0.5) is 0 Å². The first-order valence-corrected chi connectivity index (χ1v) is 15.8. The Morgan fingerprint density at radius 1 is 0.786 bits per heavy atom. The smallest absolute Gasteiger partial charge is 0.303 e. The van der Waals surface area contributed by atoms with Gasteiger partial charge in [-0.2, -0.15) is 33.2 Å². The first kappa shape index (κ1) is 36.5. The minimum Gasteiger partial charge on any atom is -0.481 e. The average Bonchev–Trinajstić information content (AvgIpc) is 3.66. The van der Waals surface area contributed by atoms with Crippen LogP contribution in [-0.4, -0.2) is 22.2 Å². The van der Waals surface area contributed by atoms with E-state index >= 15 is 0 Å². The van der Waals surface area contributed by atoms with Crippen LogP contribution in [-0.2, 0) is 20.4 Å². The zero-order chi connectivity index (χ0) is 31.9. The number of carboxylic acids is 2. The lowest BCUT2D eigenvalue weighted by Gasteiger charge is -2.29. The molecule has 3 aromatic rings. The Morgan fingerprint density at radius 2 is 1.17 bits per heavy atom. The highest BCUT2D eigenvalue weighted by atomic mass is 32.1. The third-order valence-corrected chi connectivity index (χ3v) is 8.88. The summed E-state index contributed by atoms with van der Waals surface area (Å²) in [6.45, 7) is 11.9. The number of thiophene rings is 2. The van der Waals surface area contributed by atoms with E-state index in [2.05, 4.69) is 43.3 Å². The zero-order valence-electron chi connectivity index (χ0n) is 25.3. The molecule has 2 unspecified atom stereocenters. The number of carbonyl (C=O) groups is 2. The number of benzene rings is 1. The molecular weight excluding hydrogens is 567 g/mol. The van der Waals surface area contributed by atoms with Gasteiger partial charge >= 0.3 is 11.9 Å². The van der Waals surface area contributed by atoms with Gasteiger partial charge in [0.2, 0.25) is 0 Å². The van der Waals surface area contributed by atoms with Gasteiger partial charge in [-0.25, -0.2) is 0 Å². The summed E-state index contributed by atoms with van der Waals surface area (Å²) in [5, 5.41) is 44.0. The van der Waals surface area contributed by atoms with Gasteiger partial charge in [0.25, 0.3) is 0 Å². The number of rotatable bonds is 11. The second-order valence-electron chi connectivity index (χ2n) is 11.0. The molecule has 0 bridgehead atoms. The van der Waals surface area contributed by atoms with Gasteiger partial charge in [-0.05, 0) is 88.9 Å². The summed E-state index contributed by atoms with van der Waals surface area (Å²) in [4.78, 5) is 21.3. The second kappa shape index (κ2) is 17.5. The molecule has 2 aromatic heterocycles. The molecule has 3 atom stereocenters. The molecule has 0 amide bonds. The summed E-state index contributed by atoms with van der Waals surface area (Å²) >= 11 is 3.07. The van der Waals surface area contributed by atoms with Gasteiger partial charge < -0.3 is 15.9 Å². The maximum Gasteiger partial charge on any atom is 0.303 e. The van der Waals surface area contributed by atoms with Gasteiger partial charge in [-0.3, -0.25) is 9.59 Å². The molecule has 0 radical (unpaired) electrons. The van der Waals surface area contributed by atoms with E-state index in [0.29, 0.717) is 12.8 Å². The van der Waals surface area contributed by atoms with E-state index in [1.807, 2.05) is 68.3 Å². The maximum atomic E-state index is 10.6. The Bertz CT molecular complexity index is 1230. The van der Waals surface area contributed by atoms with Crippen LogP contribution in [0.3, 0.4) is 0 Å². The molecule has 226 valence electrons. The minimum absolute atomic E-state index is 0.0294. The van der Waals surface area contributed by atoms with Crippen LogP contribution in [0, 0.1) is 41.4 Å². The predicted molar refractivity (Wildman–Crippen MR) is 170 cm³/mol. The molecule has 0 spiro atoms. The first-order chi connectivity index (χ1) is 19.7. The lowest BCUT2D eigenvalue weighted by Crippen LogP contribution is -2.31. The van der Waals surface area contributed by atoms with Crippen molar-refractivity contribution in [2.24, 2.45) is 17.6 Å². The molecular formula is C33H43N3O4S2. The van der Waals surface area contributed by atoms with Crippen molar-refractivity contribution in [3.8, 4) is 12.1 Å². The highest BCUT2D eigenvalue weighted by Crippen LogP contribution is 2.38. The van der Waals surface area contributed by atoms with Crippen LogP contribution in [0.5, 0.6) is 0 Å². The number of aliphatic carboxylic acids is 2. The van der Waals surface area contributed by atoms with Crippen molar-refractivity contribution in [1.82, 2.24) is 0 Å². The van der Waals surface area contributed by atoms with Crippen molar-refractivity contribution in [3.05, 3.63) is 80.2 Å². The fraction of sp³-hybridized carbons (Fsp3) is 0.455. The summed E-state index contributed by atoms with van der Waals surface area (Å²) in [5.74, 6) is -1.50. The van der Waals surface area contributed by atoms with E-state index in [0.717, 1.165) is 11.1 Å². The number of carboxylic acid groups (broad SMARTS) is 2. The van der Waals surface area contributed by atoms with Crippen LogP contribution in [0.25, 0.3) is 0 Å². The predicted octanol–water partition coefficient (Wildman–Crippen LogP) is 8.08. The monoisotopic (exact) mass is 609 g/mol. The third kappa shape index (κ3) is 10.4. The van der Waals surface area contributed by atoms with Crippen molar-refractivity contribution >= 4 is 34.6 Å². The van der Waals surface area contributed by atoms with E-state index in [1.165, 1.54) is 33.8 Å². The molecule has 3 rings (SSSR count). The highest BCUT2D eigenvalue weighted by Gasteiger charge is 2.37. The Kier molecular flexibility index (Phi) is 15.2. The lowest BCUT2D eigenvalue weighted by atomic mass is 9.71. The number of nitrogens with two attached hydrogens (primary N) is 1. The van der Waals surface area contributed by atoms with Crippen LogP contribution >= 0.6 is 22.7 Å². The Balaban J connectivity index is 0.000000324. The van der Waals surface area contributed by atoms with Crippen molar-refractivity contribution in [1.29, 1.82) is 10.5 Å². The van der Waals surface area contributed by atoms with E-state index in [1.54, 1.807) is 0 Å². The average molecular weight is 610 g/mol. The lowest BCUT2D eigenvalue weighted by molar-refractivity contribution is -0.138. The molecule has 0 aliphatic heterocycles. The Labute approximate surface area is 258 Å². The highest BCUT2D eigenvalue weighted by molar-refractivity contribution is 7.08. The zero-order valence-corrected chi connectivity index (χ0v) is 27.0. The van der Waals surface area contributed by atoms with E-state index in [9.17, 15) is 20.1 Å². The molecule has 42 heavy (non-hydrogen) atoms. The van der Waals surface area contributed by atoms with Gasteiger partial charge in [0.1, 0.15) is 0 Å². The number of hydrogen-bond donors (Lipinski definition) is 3. The minimum atomic E-state index is -0.851. The van der Waals surface area contributed by atoms with E-state index < -0.39 is 22.8 Å². The summed E-state index contributed by atoms with van der Waals surface area (Å²) in [5.41, 5.74) is 8.69. The van der Waals surface area contributed by atoms with Crippen molar-refractivity contribution in [2.45, 2.75) is 84.1 Å². The van der Waals surface area contributed by atoms with Crippen LogP contribution in [0.1, 0.15) is 88.6 Å². The fourth-order valence-electron chi connectivity index (χ4n) is 4.55. The molecule has 0 aliphatic carbocycles. The molecule has 1 aromatic carbocycles. The number of nitrogens with zero attached hydrogens (tertiary/aromatic N) is 2. The second-order valence-corrected chi connectivity index (χ2v) is 12.5. The summed E-state index contributed by atoms with van der Waals surface area (Å²) in [6, 6.07) is 16.9. The molecule has 0 saturated heterocycles. The van der Waals surface area contributed by atoms with Crippen molar-refractivity contribution in [3.63, 3.8) is 0 Å². The van der Waals surface area contributed by atoms with E-state index in [-0.39, 0.29) is 30.7 Å². The number of hydrogen-bond acceptors (Lipinski definition) is 7. The molecule has 0 saturated carbocycles. The van der Waals surface area contributed by atoms with Crippen LogP contribution in [0.15, 0.2) is 57.9 Å². The van der Waals surface area contributed by atoms with Gasteiger partial charge in [0.15, 0.2) is 0 Å². The van der Waals surface area contributed by atoms with Gasteiger partial charge in [-0.1, -0.05) is 57.5 Å². The van der Waals surface area contributed by atoms with E-state index in [4.69, 9.17) is 15.9 Å².